The number of ether oxygens (including phenoxy) is 2. The fourth-order valence-corrected chi connectivity index (χ4v) is 2.91. The van der Waals surface area contributed by atoms with Crippen molar-refractivity contribution in [1.29, 1.82) is 5.26 Å². The first-order valence-electron chi connectivity index (χ1n) is 8.00. The zero-order valence-corrected chi connectivity index (χ0v) is 13.3. The maximum atomic E-state index is 9.54. The largest absolute Gasteiger partial charge is 0.379 e. The van der Waals surface area contributed by atoms with Gasteiger partial charge in [0, 0.05) is 6.61 Å². The van der Waals surface area contributed by atoms with E-state index in [1.165, 1.54) is 0 Å². The van der Waals surface area contributed by atoms with Gasteiger partial charge in [0.2, 0.25) is 0 Å². The van der Waals surface area contributed by atoms with Crippen molar-refractivity contribution in [3.8, 4) is 6.07 Å². The SMILES string of the molecule is CCCNC1(C#N)CCCC1CCOCCOC(C)C. The van der Waals surface area contributed by atoms with Crippen LogP contribution in [0.4, 0.5) is 0 Å². The lowest BCUT2D eigenvalue weighted by molar-refractivity contribution is 0.0150. The fourth-order valence-electron chi connectivity index (χ4n) is 2.91. The third-order valence-electron chi connectivity index (χ3n) is 4.00. The topological polar surface area (TPSA) is 54.3 Å². The molecule has 0 amide bonds. The Hall–Kier alpha value is -0.630. The normalized spacial score (nSPS) is 26.1. The molecule has 20 heavy (non-hydrogen) atoms. The summed E-state index contributed by atoms with van der Waals surface area (Å²) < 4.78 is 11.1. The van der Waals surface area contributed by atoms with E-state index in [0.717, 1.165) is 45.3 Å². The third kappa shape index (κ3) is 5.40. The molecular formula is C16H30N2O2. The van der Waals surface area contributed by atoms with Crippen molar-refractivity contribution in [1.82, 2.24) is 5.32 Å². The molecule has 0 aromatic heterocycles. The molecule has 1 N–H and O–H groups in total. The van der Waals surface area contributed by atoms with Gasteiger partial charge in [-0.2, -0.15) is 5.26 Å². The van der Waals surface area contributed by atoms with Gasteiger partial charge in [-0.1, -0.05) is 13.3 Å². The molecule has 0 heterocycles. The van der Waals surface area contributed by atoms with E-state index in [-0.39, 0.29) is 11.6 Å². The van der Waals surface area contributed by atoms with Gasteiger partial charge in [0.25, 0.3) is 0 Å². The quantitative estimate of drug-likeness (QED) is 0.626. The molecule has 0 radical (unpaired) electrons. The minimum atomic E-state index is -0.312. The van der Waals surface area contributed by atoms with Gasteiger partial charge >= 0.3 is 0 Å². The van der Waals surface area contributed by atoms with Crippen molar-refractivity contribution in [2.24, 2.45) is 5.92 Å². The second kappa shape index (κ2) is 9.33. The maximum Gasteiger partial charge on any atom is 0.109 e. The average Bonchev–Trinajstić information content (AvgIpc) is 2.83. The van der Waals surface area contributed by atoms with Crippen LogP contribution in [-0.2, 0) is 9.47 Å². The number of hydrogen-bond donors (Lipinski definition) is 1. The lowest BCUT2D eigenvalue weighted by Crippen LogP contribution is -2.47. The summed E-state index contributed by atoms with van der Waals surface area (Å²) in [5, 5.41) is 13.0. The van der Waals surface area contributed by atoms with E-state index in [4.69, 9.17) is 9.47 Å². The number of nitrogens with one attached hydrogen (secondary N) is 1. The average molecular weight is 282 g/mol. The Morgan fingerprint density at radius 1 is 1.35 bits per heavy atom. The third-order valence-corrected chi connectivity index (χ3v) is 4.00. The molecule has 0 aromatic rings. The first-order valence-corrected chi connectivity index (χ1v) is 8.00. The van der Waals surface area contributed by atoms with Gasteiger partial charge in [0.15, 0.2) is 0 Å². The van der Waals surface area contributed by atoms with Crippen molar-refractivity contribution >= 4 is 0 Å². The summed E-state index contributed by atoms with van der Waals surface area (Å²) in [6, 6.07) is 2.54. The van der Waals surface area contributed by atoms with Crippen molar-refractivity contribution in [2.45, 2.75) is 64.5 Å². The molecule has 4 nitrogen and oxygen atoms in total. The van der Waals surface area contributed by atoms with Crippen molar-refractivity contribution in [3.63, 3.8) is 0 Å². The van der Waals surface area contributed by atoms with Gasteiger partial charge in [0.1, 0.15) is 5.54 Å². The Balaban J connectivity index is 2.25. The van der Waals surface area contributed by atoms with Crippen LogP contribution >= 0.6 is 0 Å². The highest BCUT2D eigenvalue weighted by molar-refractivity contribution is 5.13. The number of rotatable bonds is 10. The summed E-state index contributed by atoms with van der Waals surface area (Å²) in [5.41, 5.74) is -0.312. The van der Waals surface area contributed by atoms with E-state index in [9.17, 15) is 5.26 Å². The van der Waals surface area contributed by atoms with Gasteiger partial charge in [-0.25, -0.2) is 0 Å². The maximum absolute atomic E-state index is 9.54. The van der Waals surface area contributed by atoms with Gasteiger partial charge in [-0.05, 0) is 52.0 Å². The molecule has 1 saturated carbocycles. The molecule has 1 rings (SSSR count). The zero-order valence-electron chi connectivity index (χ0n) is 13.3. The molecule has 1 aliphatic carbocycles. The molecule has 0 aromatic carbocycles. The van der Waals surface area contributed by atoms with Crippen LogP contribution in [0.5, 0.6) is 0 Å². The zero-order chi connectivity index (χ0) is 14.8. The smallest absolute Gasteiger partial charge is 0.109 e. The van der Waals surface area contributed by atoms with E-state index in [2.05, 4.69) is 18.3 Å². The molecule has 0 spiro atoms. The Labute approximate surface area is 123 Å². The van der Waals surface area contributed by atoms with Gasteiger partial charge in [-0.3, -0.25) is 5.32 Å². The summed E-state index contributed by atoms with van der Waals surface area (Å²) in [7, 11) is 0. The Kier molecular flexibility index (Phi) is 8.13. The van der Waals surface area contributed by atoms with Crippen LogP contribution < -0.4 is 5.32 Å². The van der Waals surface area contributed by atoms with Crippen LogP contribution in [0, 0.1) is 17.2 Å². The lowest BCUT2D eigenvalue weighted by atomic mass is 9.86. The van der Waals surface area contributed by atoms with E-state index < -0.39 is 0 Å². The predicted molar refractivity (Wildman–Crippen MR) is 80.5 cm³/mol. The first-order chi connectivity index (χ1) is 9.64. The number of nitriles is 1. The summed E-state index contributed by atoms with van der Waals surface area (Å²) in [5.74, 6) is 0.421. The molecule has 116 valence electrons. The van der Waals surface area contributed by atoms with E-state index in [1.807, 2.05) is 13.8 Å². The highest BCUT2D eigenvalue weighted by Gasteiger charge is 2.42. The van der Waals surface area contributed by atoms with Crippen LogP contribution in [-0.4, -0.2) is 38.0 Å². The van der Waals surface area contributed by atoms with E-state index >= 15 is 0 Å². The van der Waals surface area contributed by atoms with Crippen LogP contribution in [0.15, 0.2) is 0 Å². The molecule has 0 saturated heterocycles. The van der Waals surface area contributed by atoms with Crippen LogP contribution in [0.25, 0.3) is 0 Å². The molecule has 1 aliphatic rings. The summed E-state index contributed by atoms with van der Waals surface area (Å²) in [4.78, 5) is 0. The van der Waals surface area contributed by atoms with Crippen molar-refractivity contribution < 1.29 is 9.47 Å². The molecular weight excluding hydrogens is 252 g/mol. The van der Waals surface area contributed by atoms with Crippen LogP contribution in [0.3, 0.4) is 0 Å². The fraction of sp³-hybridized carbons (Fsp3) is 0.938. The van der Waals surface area contributed by atoms with E-state index in [1.54, 1.807) is 0 Å². The molecule has 4 heteroatoms. The summed E-state index contributed by atoms with van der Waals surface area (Å²) in [6.07, 6.45) is 5.55. The summed E-state index contributed by atoms with van der Waals surface area (Å²) >= 11 is 0. The van der Waals surface area contributed by atoms with Crippen LogP contribution in [0.1, 0.15) is 52.9 Å². The summed E-state index contributed by atoms with van der Waals surface area (Å²) in [6.45, 7) is 9.14. The monoisotopic (exact) mass is 282 g/mol. The molecule has 1 fully saturated rings. The Morgan fingerprint density at radius 3 is 2.80 bits per heavy atom. The highest BCUT2D eigenvalue weighted by atomic mass is 16.5. The van der Waals surface area contributed by atoms with Crippen molar-refractivity contribution in [2.75, 3.05) is 26.4 Å². The lowest BCUT2D eigenvalue weighted by Gasteiger charge is -2.30. The molecule has 2 atom stereocenters. The Morgan fingerprint density at radius 2 is 2.15 bits per heavy atom. The first kappa shape index (κ1) is 17.4. The van der Waals surface area contributed by atoms with Crippen molar-refractivity contribution in [3.05, 3.63) is 0 Å². The number of hydrogen-bond acceptors (Lipinski definition) is 4. The standard InChI is InChI=1S/C16H30N2O2/c1-4-9-18-16(13-17)8-5-6-15(16)7-10-19-11-12-20-14(2)3/h14-15,18H,4-12H2,1-3H3. The minimum Gasteiger partial charge on any atom is -0.379 e. The molecule has 0 aliphatic heterocycles. The minimum absolute atomic E-state index is 0.262. The highest BCUT2D eigenvalue weighted by Crippen LogP contribution is 2.37. The molecule has 2 unspecified atom stereocenters. The number of nitrogens with zero attached hydrogens (tertiary/aromatic N) is 1. The predicted octanol–water partition coefficient (Wildman–Crippen LogP) is 2.88. The van der Waals surface area contributed by atoms with Gasteiger partial charge < -0.3 is 9.47 Å². The molecule has 0 bridgehead atoms. The van der Waals surface area contributed by atoms with Gasteiger partial charge in [-0.15, -0.1) is 0 Å². The van der Waals surface area contributed by atoms with Gasteiger partial charge in [0.05, 0.1) is 25.4 Å². The second-order valence-electron chi connectivity index (χ2n) is 5.92. The van der Waals surface area contributed by atoms with Crippen LogP contribution in [0.2, 0.25) is 0 Å². The Bertz CT molecular complexity index is 301. The second-order valence-corrected chi connectivity index (χ2v) is 5.92. The van der Waals surface area contributed by atoms with E-state index in [0.29, 0.717) is 19.1 Å².